The summed E-state index contributed by atoms with van der Waals surface area (Å²) in [5.74, 6) is 0.00956. The number of piperidine rings is 1. The fourth-order valence-electron chi connectivity index (χ4n) is 5.51. The zero-order chi connectivity index (χ0) is 17.7. The molecule has 2 N–H and O–H groups in total. The van der Waals surface area contributed by atoms with Crippen molar-refractivity contribution in [1.82, 2.24) is 4.90 Å². The number of aliphatic hydroxyl groups is 1. The smallest absolute Gasteiger partial charge is 0.178 e. The average Bonchev–Trinajstić information content (AvgIpc) is 2.91. The number of phenolic OH excluding ortho intramolecular Hbond substituents is 1. The molecule has 126 valence electrons. The monoisotopic (exact) mass is 328 g/mol. The summed E-state index contributed by atoms with van der Waals surface area (Å²) in [5.41, 5.74) is -0.548. The lowest BCUT2D eigenvalue weighted by Crippen LogP contribution is -2.69. The fourth-order valence-corrected chi connectivity index (χ4v) is 5.51. The van der Waals surface area contributed by atoms with Crippen LogP contribution in [0.5, 0.6) is 11.5 Å². The summed E-state index contributed by atoms with van der Waals surface area (Å²) < 4.78 is 14.5. The van der Waals surface area contributed by atoms with Crippen LogP contribution in [0.1, 0.15) is 25.8 Å². The van der Waals surface area contributed by atoms with Crippen molar-refractivity contribution in [1.29, 1.82) is 0 Å². The number of likely N-dealkylation sites (N-methyl/N-ethyl adjacent to an activating group) is 1. The number of benzene rings is 1. The Kier molecular flexibility index (Phi) is 2.36. The van der Waals surface area contributed by atoms with E-state index < -0.39 is 17.1 Å². The van der Waals surface area contributed by atoms with Gasteiger partial charge in [0.15, 0.2) is 22.9 Å². The van der Waals surface area contributed by atoms with Crippen LogP contribution >= 0.6 is 0 Å². The topological polar surface area (TPSA) is 70.0 Å². The second-order valence-corrected chi connectivity index (χ2v) is 7.66. The summed E-state index contributed by atoms with van der Waals surface area (Å²) in [6, 6.07) is 1.91. The highest BCUT2D eigenvalue weighted by Crippen LogP contribution is 2.63. The molecule has 2 aliphatic heterocycles. The molecule has 1 saturated heterocycles. The van der Waals surface area contributed by atoms with E-state index in [0.717, 1.165) is 24.1 Å². The van der Waals surface area contributed by atoms with E-state index in [9.17, 15) is 15.0 Å². The van der Waals surface area contributed by atoms with Crippen LogP contribution in [-0.4, -0.2) is 52.2 Å². The van der Waals surface area contributed by atoms with Gasteiger partial charge in [-0.25, -0.2) is 0 Å². The molecule has 1 aromatic carbocycles. The number of ketones is 1. The molecule has 2 bridgehead atoms. The summed E-state index contributed by atoms with van der Waals surface area (Å²) in [5, 5.41) is 21.6. The van der Waals surface area contributed by atoms with E-state index in [0.29, 0.717) is 18.2 Å². The minimum atomic E-state index is -1.71. The van der Waals surface area contributed by atoms with Crippen molar-refractivity contribution in [2.45, 2.75) is 42.9 Å². The van der Waals surface area contributed by atoms with E-state index in [1.165, 1.54) is 13.0 Å². The minimum absolute atomic E-state index is 0.0745. The van der Waals surface area contributed by atoms with E-state index in [1.54, 1.807) is 6.08 Å². The first-order valence-electron chi connectivity index (χ1n) is 8.96. The normalized spacial score (nSPS) is 42.3. The second kappa shape index (κ2) is 4.21. The standard InChI is InChI=1S/C19H21NO4/c1-10(21)19(23)6-5-12-13-9-11-3-4-14(22)16-15(11)18(12,17(19)24-16)7-8-20(13)2/h3-6,12-13,17,22-23H,7-9H2,1-2H3/t12-,13+,17+,18-,19+/m0/s1/i3D. The van der Waals surface area contributed by atoms with Gasteiger partial charge in [-0.3, -0.25) is 4.79 Å². The van der Waals surface area contributed by atoms with Gasteiger partial charge in [-0.1, -0.05) is 12.1 Å². The van der Waals surface area contributed by atoms with Crippen molar-refractivity contribution in [3.63, 3.8) is 0 Å². The van der Waals surface area contributed by atoms with Gasteiger partial charge in [-0.2, -0.15) is 0 Å². The zero-order valence-corrected chi connectivity index (χ0v) is 13.7. The van der Waals surface area contributed by atoms with Crippen LogP contribution in [0, 0.1) is 5.92 Å². The molecule has 5 atom stereocenters. The Balaban J connectivity index is 1.86. The van der Waals surface area contributed by atoms with Gasteiger partial charge in [0, 0.05) is 22.9 Å². The Morgan fingerprint density at radius 1 is 1.54 bits per heavy atom. The number of aromatic hydroxyl groups is 1. The SMILES string of the molecule is [2H]c1cc(O)c2c3c1C[C@@H]1[C@@H]4C=C[C@@](O)(C(C)=O)[C@H](O2)[C@]34CCN1C. The highest BCUT2D eigenvalue weighted by molar-refractivity contribution is 5.89. The van der Waals surface area contributed by atoms with Crippen LogP contribution in [0.3, 0.4) is 0 Å². The van der Waals surface area contributed by atoms with Crippen molar-refractivity contribution in [2.24, 2.45) is 5.92 Å². The maximum absolute atomic E-state index is 12.3. The van der Waals surface area contributed by atoms with Gasteiger partial charge in [0.2, 0.25) is 0 Å². The van der Waals surface area contributed by atoms with E-state index in [-0.39, 0.29) is 23.5 Å². The number of ether oxygens (including phenoxy) is 1. The third kappa shape index (κ3) is 1.38. The Labute approximate surface area is 141 Å². The highest BCUT2D eigenvalue weighted by Gasteiger charge is 2.68. The van der Waals surface area contributed by atoms with Crippen LogP contribution in [-0.2, 0) is 16.6 Å². The lowest BCUT2D eigenvalue weighted by atomic mass is 9.51. The zero-order valence-electron chi connectivity index (χ0n) is 14.7. The number of phenols is 1. The molecule has 2 aliphatic carbocycles. The number of rotatable bonds is 1. The van der Waals surface area contributed by atoms with E-state index >= 15 is 0 Å². The number of carbonyl (C=O) groups is 1. The molecule has 1 spiro atoms. The third-order valence-corrected chi connectivity index (χ3v) is 6.70. The number of hydrogen-bond donors (Lipinski definition) is 2. The number of carbonyl (C=O) groups excluding carboxylic acids is 1. The first kappa shape index (κ1) is 13.4. The molecule has 2 heterocycles. The van der Waals surface area contributed by atoms with Crippen molar-refractivity contribution < 1.29 is 21.1 Å². The number of Topliss-reactive ketones (excluding diaryl/α,β-unsaturated/α-hetero) is 1. The first-order chi connectivity index (χ1) is 11.8. The van der Waals surface area contributed by atoms with Gasteiger partial charge < -0.3 is 19.8 Å². The van der Waals surface area contributed by atoms with Crippen molar-refractivity contribution in [3.8, 4) is 11.5 Å². The Bertz CT molecular complexity index is 852. The molecule has 5 nitrogen and oxygen atoms in total. The molecule has 0 saturated carbocycles. The molecular weight excluding hydrogens is 306 g/mol. The predicted octanol–water partition coefficient (Wildman–Crippen LogP) is 1.16. The van der Waals surface area contributed by atoms with E-state index in [1.807, 2.05) is 6.08 Å². The fraction of sp³-hybridized carbons (Fsp3) is 0.526. The van der Waals surface area contributed by atoms with Crippen molar-refractivity contribution >= 4 is 5.78 Å². The van der Waals surface area contributed by atoms with Crippen LogP contribution < -0.4 is 4.74 Å². The largest absolute Gasteiger partial charge is 0.504 e. The molecule has 4 aliphatic rings. The molecule has 5 rings (SSSR count). The van der Waals surface area contributed by atoms with Gasteiger partial charge in [-0.15, -0.1) is 0 Å². The van der Waals surface area contributed by atoms with Crippen LogP contribution in [0.25, 0.3) is 0 Å². The lowest BCUT2D eigenvalue weighted by molar-refractivity contribution is -0.148. The predicted molar refractivity (Wildman–Crippen MR) is 87.2 cm³/mol. The molecular formula is C19H21NO4. The van der Waals surface area contributed by atoms with Gasteiger partial charge in [-0.05, 0) is 51.1 Å². The summed E-state index contributed by atoms with van der Waals surface area (Å²) in [6.45, 7) is 2.20. The molecule has 0 aromatic heterocycles. The van der Waals surface area contributed by atoms with E-state index in [2.05, 4.69) is 11.9 Å². The molecule has 1 fully saturated rings. The molecule has 0 radical (unpaired) electrons. The Hall–Kier alpha value is -1.85. The second-order valence-electron chi connectivity index (χ2n) is 7.66. The van der Waals surface area contributed by atoms with Crippen molar-refractivity contribution in [3.05, 3.63) is 35.4 Å². The maximum atomic E-state index is 12.3. The molecule has 0 unspecified atom stereocenters. The summed E-state index contributed by atoms with van der Waals surface area (Å²) >= 11 is 0. The molecule has 1 aromatic rings. The molecule has 5 heteroatoms. The van der Waals surface area contributed by atoms with Crippen LogP contribution in [0.4, 0.5) is 0 Å². The quantitative estimate of drug-likeness (QED) is 0.757. The van der Waals surface area contributed by atoms with Gasteiger partial charge in [0.25, 0.3) is 0 Å². The number of nitrogens with zero attached hydrogens (tertiary/aromatic N) is 1. The maximum Gasteiger partial charge on any atom is 0.178 e. The average molecular weight is 328 g/mol. The molecule has 24 heavy (non-hydrogen) atoms. The number of hydrogen-bond acceptors (Lipinski definition) is 5. The Morgan fingerprint density at radius 2 is 2.33 bits per heavy atom. The highest BCUT2D eigenvalue weighted by atomic mass is 16.5. The van der Waals surface area contributed by atoms with Gasteiger partial charge in [0.05, 0.1) is 1.37 Å². The summed E-state index contributed by atoms with van der Waals surface area (Å²) in [6.07, 6.45) is 4.23. The van der Waals surface area contributed by atoms with Crippen LogP contribution in [0.15, 0.2) is 24.3 Å². The first-order valence-corrected chi connectivity index (χ1v) is 8.46. The Morgan fingerprint density at radius 3 is 3.08 bits per heavy atom. The van der Waals surface area contributed by atoms with Gasteiger partial charge in [0.1, 0.15) is 6.10 Å². The van der Waals surface area contributed by atoms with E-state index in [4.69, 9.17) is 6.11 Å². The third-order valence-electron chi connectivity index (χ3n) is 6.70. The lowest BCUT2D eigenvalue weighted by Gasteiger charge is -2.58. The summed E-state index contributed by atoms with van der Waals surface area (Å²) in [7, 11) is 2.08. The summed E-state index contributed by atoms with van der Waals surface area (Å²) in [4.78, 5) is 14.6. The van der Waals surface area contributed by atoms with Crippen LogP contribution in [0.2, 0.25) is 0 Å². The van der Waals surface area contributed by atoms with Crippen molar-refractivity contribution in [2.75, 3.05) is 13.6 Å². The van der Waals surface area contributed by atoms with Gasteiger partial charge >= 0.3 is 0 Å². The molecule has 0 amide bonds. The number of likely N-dealkylation sites (tertiary alicyclic amines) is 1. The minimum Gasteiger partial charge on any atom is -0.504 e.